The van der Waals surface area contributed by atoms with Crippen molar-refractivity contribution in [1.82, 2.24) is 0 Å². The van der Waals surface area contributed by atoms with Crippen molar-refractivity contribution in [3.05, 3.63) is 0 Å². The number of hydrogen-bond acceptors (Lipinski definition) is 3. The Labute approximate surface area is 80.1 Å². The van der Waals surface area contributed by atoms with Gasteiger partial charge in [-0.15, -0.1) is 0 Å². The largest absolute Gasteiger partial charge is 0.396 e. The van der Waals surface area contributed by atoms with Gasteiger partial charge in [0.05, 0.1) is 5.25 Å². The maximum Gasteiger partial charge on any atom is 0.150 e. The van der Waals surface area contributed by atoms with Gasteiger partial charge in [-0.3, -0.25) is 0 Å². The molecule has 1 fully saturated rings. The van der Waals surface area contributed by atoms with E-state index in [1.807, 2.05) is 0 Å². The lowest BCUT2D eigenvalue weighted by Crippen LogP contribution is -2.27. The van der Waals surface area contributed by atoms with Crippen molar-refractivity contribution in [2.45, 2.75) is 37.4 Å². The maximum absolute atomic E-state index is 11.3. The Kier molecular flexibility index (Phi) is 3.74. The van der Waals surface area contributed by atoms with E-state index in [1.54, 1.807) is 0 Å². The summed E-state index contributed by atoms with van der Waals surface area (Å²) < 4.78 is 22.5. The third kappa shape index (κ3) is 3.27. The first kappa shape index (κ1) is 11.0. The Morgan fingerprint density at radius 3 is 2.62 bits per heavy atom. The van der Waals surface area contributed by atoms with Gasteiger partial charge in [0.15, 0.2) is 0 Å². The summed E-state index contributed by atoms with van der Waals surface area (Å²) in [5.41, 5.74) is 0. The van der Waals surface area contributed by atoms with Gasteiger partial charge in [0.1, 0.15) is 9.84 Å². The fourth-order valence-electron chi connectivity index (χ4n) is 2.08. The summed E-state index contributed by atoms with van der Waals surface area (Å²) in [5, 5.41) is 8.60. The quantitative estimate of drug-likeness (QED) is 0.748. The number of rotatable bonds is 3. The summed E-state index contributed by atoms with van der Waals surface area (Å²) in [4.78, 5) is 0. The molecule has 1 N–H and O–H groups in total. The van der Waals surface area contributed by atoms with E-state index < -0.39 is 9.84 Å². The Hall–Kier alpha value is -0.0900. The normalized spacial score (nSPS) is 30.3. The minimum atomic E-state index is -2.86. The summed E-state index contributed by atoms with van der Waals surface area (Å²) in [6.45, 7) is 0.182. The van der Waals surface area contributed by atoms with Crippen LogP contribution in [0.4, 0.5) is 0 Å². The van der Waals surface area contributed by atoms with E-state index in [-0.39, 0.29) is 11.9 Å². The molecule has 0 heterocycles. The molecule has 4 heteroatoms. The van der Waals surface area contributed by atoms with Crippen LogP contribution in [-0.4, -0.2) is 31.6 Å². The van der Waals surface area contributed by atoms with E-state index in [9.17, 15) is 8.42 Å². The monoisotopic (exact) mass is 206 g/mol. The van der Waals surface area contributed by atoms with Gasteiger partial charge in [0.25, 0.3) is 0 Å². The second kappa shape index (κ2) is 4.42. The van der Waals surface area contributed by atoms with Crippen LogP contribution in [0.15, 0.2) is 0 Å². The standard InChI is InChI=1S/C9H18O3S/c1-13(11,12)9-4-2-3-8(7-9)5-6-10/h8-10H,2-7H2,1H3. The smallest absolute Gasteiger partial charge is 0.150 e. The first-order valence-electron chi connectivity index (χ1n) is 4.83. The second-order valence-corrected chi connectivity index (χ2v) is 6.32. The molecule has 0 spiro atoms. The van der Waals surface area contributed by atoms with Crippen LogP contribution in [0.5, 0.6) is 0 Å². The minimum Gasteiger partial charge on any atom is -0.396 e. The number of aliphatic hydroxyl groups excluding tert-OH is 1. The van der Waals surface area contributed by atoms with Crippen molar-refractivity contribution in [1.29, 1.82) is 0 Å². The molecule has 0 radical (unpaired) electrons. The van der Waals surface area contributed by atoms with Crippen molar-refractivity contribution < 1.29 is 13.5 Å². The lowest BCUT2D eigenvalue weighted by atomic mass is 9.87. The topological polar surface area (TPSA) is 54.4 Å². The summed E-state index contributed by atoms with van der Waals surface area (Å²) in [5.74, 6) is 0.415. The van der Waals surface area contributed by atoms with Gasteiger partial charge < -0.3 is 5.11 Å². The van der Waals surface area contributed by atoms with E-state index in [1.165, 1.54) is 6.26 Å². The summed E-state index contributed by atoms with van der Waals surface area (Å²) >= 11 is 0. The van der Waals surface area contributed by atoms with Gasteiger partial charge in [-0.05, 0) is 25.2 Å². The van der Waals surface area contributed by atoms with Crippen LogP contribution in [0, 0.1) is 5.92 Å². The zero-order valence-corrected chi connectivity index (χ0v) is 8.89. The van der Waals surface area contributed by atoms with Crippen LogP contribution in [0.1, 0.15) is 32.1 Å². The summed E-state index contributed by atoms with van der Waals surface area (Å²) in [7, 11) is -2.86. The fraction of sp³-hybridized carbons (Fsp3) is 1.00. The molecule has 1 rings (SSSR count). The van der Waals surface area contributed by atoms with E-state index in [2.05, 4.69) is 0 Å². The molecule has 0 aromatic heterocycles. The van der Waals surface area contributed by atoms with Crippen LogP contribution in [0.3, 0.4) is 0 Å². The first-order chi connectivity index (χ1) is 6.04. The fourth-order valence-corrected chi connectivity index (χ4v) is 3.29. The van der Waals surface area contributed by atoms with Gasteiger partial charge in [-0.1, -0.05) is 12.8 Å². The molecule has 78 valence electrons. The van der Waals surface area contributed by atoms with Crippen molar-refractivity contribution in [2.75, 3.05) is 12.9 Å². The average Bonchev–Trinajstić information content (AvgIpc) is 2.04. The molecule has 0 bridgehead atoms. The molecule has 1 aliphatic rings. The van der Waals surface area contributed by atoms with Gasteiger partial charge in [0, 0.05) is 12.9 Å². The molecule has 0 saturated heterocycles. The highest BCUT2D eigenvalue weighted by molar-refractivity contribution is 7.91. The Morgan fingerprint density at radius 2 is 2.08 bits per heavy atom. The summed E-state index contributed by atoms with van der Waals surface area (Å²) in [6.07, 6.45) is 5.69. The summed E-state index contributed by atoms with van der Waals surface area (Å²) in [6, 6.07) is 0. The van der Waals surface area contributed by atoms with E-state index in [0.717, 1.165) is 32.1 Å². The highest BCUT2D eigenvalue weighted by Gasteiger charge is 2.28. The van der Waals surface area contributed by atoms with Crippen LogP contribution >= 0.6 is 0 Å². The lowest BCUT2D eigenvalue weighted by Gasteiger charge is -2.27. The lowest BCUT2D eigenvalue weighted by molar-refractivity contribution is 0.230. The van der Waals surface area contributed by atoms with Gasteiger partial charge in [-0.25, -0.2) is 8.42 Å². The van der Waals surface area contributed by atoms with Crippen molar-refractivity contribution >= 4 is 9.84 Å². The zero-order chi connectivity index (χ0) is 9.90. The Balaban J connectivity index is 2.52. The molecule has 2 unspecified atom stereocenters. The van der Waals surface area contributed by atoms with Crippen LogP contribution in [-0.2, 0) is 9.84 Å². The highest BCUT2D eigenvalue weighted by atomic mass is 32.2. The number of hydrogen-bond donors (Lipinski definition) is 1. The SMILES string of the molecule is CS(=O)(=O)C1CCCC(CCO)C1. The van der Waals surface area contributed by atoms with Crippen molar-refractivity contribution in [2.24, 2.45) is 5.92 Å². The molecule has 0 aliphatic heterocycles. The van der Waals surface area contributed by atoms with Gasteiger partial charge in [0.2, 0.25) is 0 Å². The molecule has 1 aliphatic carbocycles. The average molecular weight is 206 g/mol. The highest BCUT2D eigenvalue weighted by Crippen LogP contribution is 2.30. The molecular formula is C9H18O3S. The van der Waals surface area contributed by atoms with E-state index in [4.69, 9.17) is 5.11 Å². The first-order valence-corrected chi connectivity index (χ1v) is 6.79. The van der Waals surface area contributed by atoms with E-state index >= 15 is 0 Å². The molecule has 3 nitrogen and oxygen atoms in total. The van der Waals surface area contributed by atoms with Crippen LogP contribution < -0.4 is 0 Å². The molecule has 0 aromatic rings. The van der Waals surface area contributed by atoms with Crippen LogP contribution in [0.25, 0.3) is 0 Å². The van der Waals surface area contributed by atoms with Gasteiger partial charge >= 0.3 is 0 Å². The van der Waals surface area contributed by atoms with Crippen molar-refractivity contribution in [3.8, 4) is 0 Å². The molecule has 13 heavy (non-hydrogen) atoms. The molecular weight excluding hydrogens is 188 g/mol. The third-order valence-corrected chi connectivity index (χ3v) is 4.52. The Morgan fingerprint density at radius 1 is 1.38 bits per heavy atom. The predicted molar refractivity (Wildman–Crippen MR) is 52.3 cm³/mol. The molecule has 0 aromatic carbocycles. The molecule has 2 atom stereocenters. The molecule has 1 saturated carbocycles. The van der Waals surface area contributed by atoms with E-state index in [0.29, 0.717) is 5.92 Å². The molecule has 0 amide bonds. The van der Waals surface area contributed by atoms with Crippen LogP contribution in [0.2, 0.25) is 0 Å². The number of aliphatic hydroxyl groups is 1. The maximum atomic E-state index is 11.3. The van der Waals surface area contributed by atoms with Crippen molar-refractivity contribution in [3.63, 3.8) is 0 Å². The second-order valence-electron chi connectivity index (χ2n) is 4.00. The van der Waals surface area contributed by atoms with Gasteiger partial charge in [-0.2, -0.15) is 0 Å². The third-order valence-electron chi connectivity index (χ3n) is 2.88. The zero-order valence-electron chi connectivity index (χ0n) is 8.07. The predicted octanol–water partition coefficient (Wildman–Crippen LogP) is 0.972. The number of sulfone groups is 1. The minimum absolute atomic E-state index is 0.155. The Bertz CT molecular complexity index is 244.